The number of halogens is 1. The molecule has 0 unspecified atom stereocenters. The number of fused-ring (bicyclic) bond motifs is 1. The van der Waals surface area contributed by atoms with Gasteiger partial charge in [0.1, 0.15) is 4.32 Å². The van der Waals surface area contributed by atoms with Crippen LogP contribution in [0.4, 0.5) is 0 Å². The van der Waals surface area contributed by atoms with E-state index in [1.807, 2.05) is 25.1 Å². The van der Waals surface area contributed by atoms with Crippen LogP contribution in [-0.4, -0.2) is 15.4 Å². The zero-order valence-electron chi connectivity index (χ0n) is 9.98. The summed E-state index contributed by atoms with van der Waals surface area (Å²) in [5, 5.41) is 11.6. The Morgan fingerprint density at radius 1 is 1.22 bits per heavy atom. The van der Waals surface area contributed by atoms with Crippen LogP contribution in [0.2, 0.25) is 0 Å². The van der Waals surface area contributed by atoms with E-state index >= 15 is 0 Å². The van der Waals surface area contributed by atoms with Gasteiger partial charge in [-0.1, -0.05) is 65.3 Å². The Balaban J connectivity index is 2.09. The van der Waals surface area contributed by atoms with Crippen LogP contribution in [0, 0.1) is 0 Å². The molecule has 3 rings (SSSR count). The minimum Gasteiger partial charge on any atom is -0.480 e. The molecule has 2 aromatic carbocycles. The lowest BCUT2D eigenvalue weighted by molar-refractivity contribution is -0.137. The zero-order valence-corrected chi connectivity index (χ0v) is 11.6. The van der Waals surface area contributed by atoms with Gasteiger partial charge in [0.25, 0.3) is 0 Å². The molecule has 0 aromatic heterocycles. The molecule has 2 aromatic rings. The van der Waals surface area contributed by atoms with Crippen molar-refractivity contribution in [3.05, 3.63) is 48.0 Å². The van der Waals surface area contributed by atoms with Crippen molar-refractivity contribution in [2.75, 3.05) is 0 Å². The second kappa shape index (κ2) is 3.58. The Kier molecular flexibility index (Phi) is 2.33. The SMILES string of the molecule is C[C@]1(c2ccc3ccccc3c2)C[C@@]1(Br)C(=O)O. The Hall–Kier alpha value is -1.35. The van der Waals surface area contributed by atoms with Crippen molar-refractivity contribution in [2.45, 2.75) is 23.1 Å². The third kappa shape index (κ3) is 1.43. The number of hydrogen-bond acceptors (Lipinski definition) is 1. The van der Waals surface area contributed by atoms with E-state index in [9.17, 15) is 9.90 Å². The Morgan fingerprint density at radius 2 is 1.89 bits per heavy atom. The maximum absolute atomic E-state index is 11.3. The molecule has 2 atom stereocenters. The van der Waals surface area contributed by atoms with Crippen LogP contribution < -0.4 is 0 Å². The second-order valence-electron chi connectivity index (χ2n) is 5.18. The molecule has 92 valence electrons. The number of carboxylic acids is 1. The van der Waals surface area contributed by atoms with Crippen molar-refractivity contribution >= 4 is 32.7 Å². The largest absolute Gasteiger partial charge is 0.480 e. The molecular formula is C15H13BrO2. The highest BCUT2D eigenvalue weighted by Crippen LogP contribution is 2.63. The Morgan fingerprint density at radius 3 is 2.50 bits per heavy atom. The van der Waals surface area contributed by atoms with E-state index in [1.165, 1.54) is 5.39 Å². The molecule has 0 bridgehead atoms. The van der Waals surface area contributed by atoms with Gasteiger partial charge in [-0.3, -0.25) is 4.79 Å². The maximum atomic E-state index is 11.3. The van der Waals surface area contributed by atoms with Crippen molar-refractivity contribution in [3.8, 4) is 0 Å². The van der Waals surface area contributed by atoms with E-state index in [0.717, 1.165) is 10.9 Å². The standard InChI is InChI=1S/C15H13BrO2/c1-14(9-15(14,16)13(17)18)12-7-6-10-4-2-3-5-11(10)8-12/h2-8H,9H2,1H3,(H,17,18)/t14-,15-/m1/s1. The lowest BCUT2D eigenvalue weighted by atomic mass is 9.93. The van der Waals surface area contributed by atoms with Gasteiger partial charge in [0, 0.05) is 5.41 Å². The second-order valence-corrected chi connectivity index (χ2v) is 6.53. The molecule has 1 aliphatic rings. The van der Waals surface area contributed by atoms with E-state index in [0.29, 0.717) is 6.42 Å². The molecule has 2 nitrogen and oxygen atoms in total. The summed E-state index contributed by atoms with van der Waals surface area (Å²) in [4.78, 5) is 11.3. The van der Waals surface area contributed by atoms with E-state index < -0.39 is 10.3 Å². The molecule has 0 amide bonds. The Labute approximate surface area is 114 Å². The first kappa shape index (κ1) is 11.7. The number of hydrogen-bond donors (Lipinski definition) is 1. The fourth-order valence-electron chi connectivity index (χ4n) is 2.62. The fraction of sp³-hybridized carbons (Fsp3) is 0.267. The lowest BCUT2D eigenvalue weighted by Gasteiger charge is -2.15. The van der Waals surface area contributed by atoms with Crippen molar-refractivity contribution < 1.29 is 9.90 Å². The molecule has 1 aliphatic carbocycles. The molecule has 1 saturated carbocycles. The van der Waals surface area contributed by atoms with Crippen LogP contribution in [0.5, 0.6) is 0 Å². The van der Waals surface area contributed by atoms with Crippen LogP contribution >= 0.6 is 15.9 Å². The van der Waals surface area contributed by atoms with Crippen molar-refractivity contribution in [1.29, 1.82) is 0 Å². The van der Waals surface area contributed by atoms with Crippen LogP contribution in [0.1, 0.15) is 18.9 Å². The highest BCUT2D eigenvalue weighted by molar-refractivity contribution is 9.10. The van der Waals surface area contributed by atoms with Crippen LogP contribution in [0.3, 0.4) is 0 Å². The molecule has 0 spiro atoms. The van der Waals surface area contributed by atoms with E-state index in [-0.39, 0.29) is 5.41 Å². The molecule has 0 heterocycles. The number of alkyl halides is 1. The predicted molar refractivity (Wildman–Crippen MR) is 75.2 cm³/mol. The first-order valence-corrected chi connectivity index (χ1v) is 6.68. The summed E-state index contributed by atoms with van der Waals surface area (Å²) in [5.74, 6) is -0.779. The van der Waals surface area contributed by atoms with Gasteiger partial charge in [-0.05, 0) is 22.8 Å². The van der Waals surface area contributed by atoms with Gasteiger partial charge in [0.05, 0.1) is 0 Å². The summed E-state index contributed by atoms with van der Waals surface area (Å²) in [6.45, 7) is 2.00. The summed E-state index contributed by atoms with van der Waals surface area (Å²) < 4.78 is -0.803. The van der Waals surface area contributed by atoms with Gasteiger partial charge in [0.2, 0.25) is 0 Å². The summed E-state index contributed by atoms with van der Waals surface area (Å²) in [6.07, 6.45) is 0.633. The topological polar surface area (TPSA) is 37.3 Å². The molecule has 0 aliphatic heterocycles. The van der Waals surface area contributed by atoms with Gasteiger partial charge < -0.3 is 5.11 Å². The molecule has 3 heteroatoms. The first-order chi connectivity index (χ1) is 8.47. The van der Waals surface area contributed by atoms with Gasteiger partial charge in [-0.2, -0.15) is 0 Å². The molecule has 1 fully saturated rings. The zero-order chi connectivity index (χ0) is 13.0. The normalized spacial score (nSPS) is 30.3. The number of carbonyl (C=O) groups is 1. The number of aliphatic carboxylic acids is 1. The summed E-state index contributed by atoms with van der Waals surface area (Å²) >= 11 is 3.38. The van der Waals surface area contributed by atoms with Gasteiger partial charge in [-0.15, -0.1) is 0 Å². The predicted octanol–water partition coefficient (Wildman–Crippen LogP) is 3.72. The van der Waals surface area contributed by atoms with Crippen LogP contribution in [0.15, 0.2) is 42.5 Å². The quantitative estimate of drug-likeness (QED) is 0.859. The maximum Gasteiger partial charge on any atom is 0.321 e. The lowest BCUT2D eigenvalue weighted by Crippen LogP contribution is -2.24. The minimum atomic E-state index is -0.803. The highest BCUT2D eigenvalue weighted by atomic mass is 79.9. The molecule has 0 radical (unpaired) electrons. The molecule has 18 heavy (non-hydrogen) atoms. The smallest absolute Gasteiger partial charge is 0.321 e. The van der Waals surface area contributed by atoms with Gasteiger partial charge in [0.15, 0.2) is 0 Å². The first-order valence-electron chi connectivity index (χ1n) is 5.89. The average molecular weight is 305 g/mol. The highest BCUT2D eigenvalue weighted by Gasteiger charge is 2.69. The molecule has 1 N–H and O–H groups in total. The van der Waals surface area contributed by atoms with Crippen molar-refractivity contribution in [2.24, 2.45) is 0 Å². The monoisotopic (exact) mass is 304 g/mol. The Bertz CT molecular complexity index is 652. The van der Waals surface area contributed by atoms with E-state index in [2.05, 4.69) is 40.2 Å². The third-order valence-electron chi connectivity index (χ3n) is 4.07. The summed E-state index contributed by atoms with van der Waals surface area (Å²) in [5.41, 5.74) is 0.767. The van der Waals surface area contributed by atoms with E-state index in [1.54, 1.807) is 0 Å². The summed E-state index contributed by atoms with van der Waals surface area (Å²) in [6, 6.07) is 14.3. The molecular weight excluding hydrogens is 292 g/mol. The average Bonchev–Trinajstić information content (AvgIpc) is 2.95. The van der Waals surface area contributed by atoms with E-state index in [4.69, 9.17) is 0 Å². The third-order valence-corrected chi connectivity index (χ3v) is 5.57. The number of carboxylic acid groups (broad SMARTS) is 1. The van der Waals surface area contributed by atoms with Crippen LogP contribution in [-0.2, 0) is 10.2 Å². The number of rotatable bonds is 2. The van der Waals surface area contributed by atoms with Crippen molar-refractivity contribution in [1.82, 2.24) is 0 Å². The fourth-order valence-corrected chi connectivity index (χ4v) is 3.41. The minimum absolute atomic E-state index is 0.317. The van der Waals surface area contributed by atoms with Crippen LogP contribution in [0.25, 0.3) is 10.8 Å². The number of benzene rings is 2. The van der Waals surface area contributed by atoms with Crippen molar-refractivity contribution in [3.63, 3.8) is 0 Å². The molecule has 0 saturated heterocycles. The van der Waals surface area contributed by atoms with Gasteiger partial charge in [-0.25, -0.2) is 0 Å². The summed E-state index contributed by atoms with van der Waals surface area (Å²) in [7, 11) is 0. The van der Waals surface area contributed by atoms with Gasteiger partial charge >= 0.3 is 5.97 Å².